The van der Waals surface area contributed by atoms with Gasteiger partial charge in [-0.3, -0.25) is 0 Å². The van der Waals surface area contributed by atoms with Crippen molar-refractivity contribution in [1.29, 1.82) is 0 Å². The number of rotatable bonds is 4. The zero-order valence-corrected chi connectivity index (χ0v) is 12.8. The summed E-state index contributed by atoms with van der Waals surface area (Å²) in [4.78, 5) is 16.9. The molecule has 0 saturated heterocycles. The lowest BCUT2D eigenvalue weighted by Gasteiger charge is -2.36. The van der Waals surface area contributed by atoms with Crippen LogP contribution < -0.4 is 5.69 Å². The standard InChI is InChI=1S/C17H24N2O2/c1-11(2)10-17(7-3-4-8-17)15(20)12-5-6-13-14(9-12)19-16(21)18-13/h5-6,9,11,15,20H,3-4,7-8,10H2,1-2H3,(H2,18,19,21). The quantitative estimate of drug-likeness (QED) is 0.806. The van der Waals surface area contributed by atoms with Crippen LogP contribution in [0.25, 0.3) is 11.0 Å². The van der Waals surface area contributed by atoms with Crippen LogP contribution in [0.1, 0.15) is 57.6 Å². The third-order valence-electron chi connectivity index (χ3n) is 4.85. The molecule has 3 N–H and O–H groups in total. The third kappa shape index (κ3) is 2.64. The molecule has 0 radical (unpaired) electrons. The molecule has 1 heterocycles. The van der Waals surface area contributed by atoms with Crippen molar-refractivity contribution in [2.75, 3.05) is 0 Å². The SMILES string of the molecule is CC(C)CC1(C(O)c2ccc3[nH]c(=O)[nH]c3c2)CCCC1. The minimum Gasteiger partial charge on any atom is -0.388 e. The van der Waals surface area contributed by atoms with E-state index in [-0.39, 0.29) is 11.1 Å². The summed E-state index contributed by atoms with van der Waals surface area (Å²) >= 11 is 0. The van der Waals surface area contributed by atoms with Crippen molar-refractivity contribution in [3.8, 4) is 0 Å². The number of benzene rings is 1. The first-order valence-electron chi connectivity index (χ1n) is 7.90. The smallest absolute Gasteiger partial charge is 0.323 e. The lowest BCUT2D eigenvalue weighted by molar-refractivity contribution is 0.0113. The number of fused-ring (bicyclic) bond motifs is 1. The molecule has 0 amide bonds. The van der Waals surface area contributed by atoms with Gasteiger partial charge in [0.05, 0.1) is 17.1 Å². The van der Waals surface area contributed by atoms with E-state index in [1.54, 1.807) is 0 Å². The van der Waals surface area contributed by atoms with Crippen LogP contribution in [0.2, 0.25) is 0 Å². The first-order chi connectivity index (χ1) is 10.00. The van der Waals surface area contributed by atoms with Crippen molar-refractivity contribution in [3.05, 3.63) is 34.2 Å². The molecule has 4 heteroatoms. The van der Waals surface area contributed by atoms with Crippen LogP contribution in [-0.4, -0.2) is 15.1 Å². The molecule has 1 atom stereocenters. The van der Waals surface area contributed by atoms with E-state index in [1.807, 2.05) is 18.2 Å². The van der Waals surface area contributed by atoms with E-state index in [9.17, 15) is 9.90 Å². The molecule has 0 spiro atoms. The van der Waals surface area contributed by atoms with Gasteiger partial charge in [-0.1, -0.05) is 32.8 Å². The highest BCUT2D eigenvalue weighted by Gasteiger charge is 2.41. The number of aliphatic hydroxyl groups excluding tert-OH is 1. The highest BCUT2D eigenvalue weighted by molar-refractivity contribution is 5.75. The third-order valence-corrected chi connectivity index (χ3v) is 4.85. The van der Waals surface area contributed by atoms with Crippen LogP contribution in [0, 0.1) is 11.3 Å². The number of aromatic nitrogens is 2. The number of H-pyrrole nitrogens is 2. The minimum absolute atomic E-state index is 0.00154. The average molecular weight is 288 g/mol. The van der Waals surface area contributed by atoms with Gasteiger partial charge in [0, 0.05) is 5.41 Å². The molecule has 1 fully saturated rings. The zero-order valence-electron chi connectivity index (χ0n) is 12.8. The van der Waals surface area contributed by atoms with Gasteiger partial charge in [-0.05, 0) is 42.9 Å². The Labute approximate surface area is 124 Å². The van der Waals surface area contributed by atoms with Gasteiger partial charge in [0.15, 0.2) is 0 Å². The molecule has 21 heavy (non-hydrogen) atoms. The number of nitrogens with one attached hydrogen (secondary N) is 2. The molecule has 1 saturated carbocycles. The molecule has 0 bridgehead atoms. The van der Waals surface area contributed by atoms with E-state index in [0.29, 0.717) is 5.92 Å². The first kappa shape index (κ1) is 14.4. The zero-order chi connectivity index (χ0) is 15.0. The predicted octanol–water partition coefficient (Wildman–Crippen LogP) is 3.50. The normalized spacial score (nSPS) is 19.4. The average Bonchev–Trinajstić information content (AvgIpc) is 3.02. The largest absolute Gasteiger partial charge is 0.388 e. The van der Waals surface area contributed by atoms with E-state index in [2.05, 4.69) is 23.8 Å². The highest BCUT2D eigenvalue weighted by Crippen LogP contribution is 2.51. The summed E-state index contributed by atoms with van der Waals surface area (Å²) in [5, 5.41) is 11.0. The lowest BCUT2D eigenvalue weighted by atomic mass is 9.72. The predicted molar refractivity (Wildman–Crippen MR) is 84.2 cm³/mol. The number of aromatic amines is 2. The maximum absolute atomic E-state index is 11.4. The van der Waals surface area contributed by atoms with Crippen molar-refractivity contribution in [1.82, 2.24) is 9.97 Å². The molecular weight excluding hydrogens is 264 g/mol. The van der Waals surface area contributed by atoms with Crippen LogP contribution in [0.5, 0.6) is 0 Å². The molecular formula is C17H24N2O2. The Bertz CT molecular complexity index is 677. The van der Waals surface area contributed by atoms with Crippen LogP contribution in [0.15, 0.2) is 23.0 Å². The number of hydrogen-bond acceptors (Lipinski definition) is 2. The van der Waals surface area contributed by atoms with E-state index in [0.717, 1.165) is 35.9 Å². The highest BCUT2D eigenvalue weighted by atomic mass is 16.3. The maximum Gasteiger partial charge on any atom is 0.323 e. The fourth-order valence-corrected chi connectivity index (χ4v) is 4.06. The van der Waals surface area contributed by atoms with Crippen molar-refractivity contribution < 1.29 is 5.11 Å². The number of imidazole rings is 1. The summed E-state index contributed by atoms with van der Waals surface area (Å²) in [5.41, 5.74) is 2.28. The molecule has 4 nitrogen and oxygen atoms in total. The minimum atomic E-state index is -0.454. The van der Waals surface area contributed by atoms with Crippen molar-refractivity contribution in [2.24, 2.45) is 11.3 Å². The van der Waals surface area contributed by atoms with Crippen LogP contribution in [0.3, 0.4) is 0 Å². The van der Waals surface area contributed by atoms with Crippen LogP contribution in [0.4, 0.5) is 0 Å². The van der Waals surface area contributed by atoms with E-state index >= 15 is 0 Å². The Morgan fingerprint density at radius 2 is 1.86 bits per heavy atom. The van der Waals surface area contributed by atoms with Crippen molar-refractivity contribution >= 4 is 11.0 Å². The Balaban J connectivity index is 1.97. The fraction of sp³-hybridized carbons (Fsp3) is 0.588. The first-order valence-corrected chi connectivity index (χ1v) is 7.90. The van der Waals surface area contributed by atoms with Gasteiger partial charge in [0.1, 0.15) is 0 Å². The van der Waals surface area contributed by atoms with E-state index in [1.165, 1.54) is 12.8 Å². The summed E-state index contributed by atoms with van der Waals surface area (Å²) in [7, 11) is 0. The molecule has 1 aliphatic carbocycles. The Kier molecular flexibility index (Phi) is 3.66. The Morgan fingerprint density at radius 3 is 2.52 bits per heavy atom. The second-order valence-corrected chi connectivity index (χ2v) is 6.95. The number of aliphatic hydroxyl groups is 1. The molecule has 1 unspecified atom stereocenters. The van der Waals surface area contributed by atoms with Gasteiger partial charge in [0.2, 0.25) is 0 Å². The van der Waals surface area contributed by atoms with Crippen LogP contribution in [-0.2, 0) is 0 Å². The Morgan fingerprint density at radius 1 is 1.19 bits per heavy atom. The van der Waals surface area contributed by atoms with Gasteiger partial charge in [0.25, 0.3) is 0 Å². The topological polar surface area (TPSA) is 68.9 Å². The molecule has 2 aromatic rings. The second kappa shape index (κ2) is 5.34. The van der Waals surface area contributed by atoms with Gasteiger partial charge in [-0.15, -0.1) is 0 Å². The van der Waals surface area contributed by atoms with Gasteiger partial charge < -0.3 is 15.1 Å². The molecule has 114 valence electrons. The van der Waals surface area contributed by atoms with Crippen molar-refractivity contribution in [2.45, 2.75) is 52.1 Å². The summed E-state index contributed by atoms with van der Waals surface area (Å²) < 4.78 is 0. The summed E-state index contributed by atoms with van der Waals surface area (Å²) in [6.07, 6.45) is 5.18. The molecule has 1 aromatic heterocycles. The van der Waals surface area contributed by atoms with Gasteiger partial charge in [-0.25, -0.2) is 4.79 Å². The monoisotopic (exact) mass is 288 g/mol. The molecule has 1 aliphatic rings. The second-order valence-electron chi connectivity index (χ2n) is 6.95. The fourth-order valence-electron chi connectivity index (χ4n) is 4.06. The molecule has 3 rings (SSSR count). The molecule has 1 aromatic carbocycles. The lowest BCUT2D eigenvalue weighted by Crippen LogP contribution is -2.27. The van der Waals surface area contributed by atoms with E-state index in [4.69, 9.17) is 0 Å². The van der Waals surface area contributed by atoms with Crippen molar-refractivity contribution in [3.63, 3.8) is 0 Å². The maximum atomic E-state index is 11.4. The summed E-state index contributed by atoms with van der Waals surface area (Å²) in [6, 6.07) is 5.74. The van der Waals surface area contributed by atoms with E-state index < -0.39 is 6.10 Å². The Hall–Kier alpha value is -1.55. The number of hydrogen-bond donors (Lipinski definition) is 3. The molecule has 0 aliphatic heterocycles. The summed E-state index contributed by atoms with van der Waals surface area (Å²) in [6.45, 7) is 4.44. The summed E-state index contributed by atoms with van der Waals surface area (Å²) in [5.74, 6) is 0.577. The van der Waals surface area contributed by atoms with Gasteiger partial charge >= 0.3 is 5.69 Å². The van der Waals surface area contributed by atoms with Crippen LogP contribution >= 0.6 is 0 Å². The van der Waals surface area contributed by atoms with Gasteiger partial charge in [-0.2, -0.15) is 0 Å².